The van der Waals surface area contributed by atoms with Crippen molar-refractivity contribution in [3.8, 4) is 0 Å². The fourth-order valence-corrected chi connectivity index (χ4v) is 1.72. The van der Waals surface area contributed by atoms with Crippen molar-refractivity contribution in [2.24, 2.45) is 5.73 Å². The van der Waals surface area contributed by atoms with Gasteiger partial charge in [0.15, 0.2) is 0 Å². The molecule has 0 spiro atoms. The monoisotopic (exact) mass is 171 g/mol. The van der Waals surface area contributed by atoms with Crippen LogP contribution in [0.3, 0.4) is 0 Å². The second kappa shape index (κ2) is 3.85. The van der Waals surface area contributed by atoms with Gasteiger partial charge in [0.25, 0.3) is 0 Å². The number of hydrogen-bond donors (Lipinski definition) is 2. The van der Waals surface area contributed by atoms with E-state index in [1.807, 2.05) is 11.4 Å². The second-order valence-electron chi connectivity index (χ2n) is 2.52. The summed E-state index contributed by atoms with van der Waals surface area (Å²) in [5, 5.41) is 10.8. The Labute approximate surface area is 70.7 Å². The molecule has 1 aromatic heterocycles. The normalized spacial score (nSPS) is 13.4. The van der Waals surface area contributed by atoms with E-state index in [-0.39, 0.29) is 12.6 Å². The molecule has 0 radical (unpaired) electrons. The van der Waals surface area contributed by atoms with Crippen molar-refractivity contribution in [2.75, 3.05) is 0 Å². The molecule has 0 amide bonds. The largest absolute Gasteiger partial charge is 0.391 e. The molecular formula is C8H13NOS. The quantitative estimate of drug-likeness (QED) is 0.726. The molecule has 0 saturated carbocycles. The maximum Gasteiger partial charge on any atom is 0.0774 e. The lowest BCUT2D eigenvalue weighted by molar-refractivity contribution is 0.285. The molecule has 1 heterocycles. The summed E-state index contributed by atoms with van der Waals surface area (Å²) in [6.45, 7) is 2.18. The van der Waals surface area contributed by atoms with Crippen LogP contribution in [-0.4, -0.2) is 5.11 Å². The molecule has 0 aliphatic carbocycles. The molecule has 0 saturated heterocycles. The predicted molar refractivity (Wildman–Crippen MR) is 47.5 cm³/mol. The van der Waals surface area contributed by atoms with E-state index in [2.05, 4.69) is 6.92 Å². The Hall–Kier alpha value is -0.380. The summed E-state index contributed by atoms with van der Waals surface area (Å²) in [6.07, 6.45) is 0.946. The van der Waals surface area contributed by atoms with Gasteiger partial charge >= 0.3 is 0 Å². The van der Waals surface area contributed by atoms with Crippen LogP contribution in [-0.2, 0) is 6.61 Å². The number of aliphatic hydroxyl groups is 1. The number of nitrogens with two attached hydrogens (primary N) is 1. The second-order valence-corrected chi connectivity index (χ2v) is 3.51. The van der Waals surface area contributed by atoms with Crippen molar-refractivity contribution in [3.63, 3.8) is 0 Å². The summed E-state index contributed by atoms with van der Waals surface area (Å²) in [5.74, 6) is 0. The average Bonchev–Trinajstić information content (AvgIpc) is 2.50. The van der Waals surface area contributed by atoms with E-state index in [1.165, 1.54) is 0 Å². The number of thiophene rings is 1. The van der Waals surface area contributed by atoms with Crippen LogP contribution in [0.2, 0.25) is 0 Å². The molecule has 2 nitrogen and oxygen atoms in total. The number of aliphatic hydroxyl groups excluding tert-OH is 1. The van der Waals surface area contributed by atoms with Gasteiger partial charge in [-0.2, -0.15) is 0 Å². The van der Waals surface area contributed by atoms with E-state index in [4.69, 9.17) is 10.8 Å². The Balaban J connectivity index is 2.71. The van der Waals surface area contributed by atoms with E-state index in [9.17, 15) is 0 Å². The topological polar surface area (TPSA) is 46.2 Å². The summed E-state index contributed by atoms with van der Waals surface area (Å²) >= 11 is 1.56. The maximum atomic E-state index is 8.78. The molecule has 1 rings (SSSR count). The standard InChI is InChI=1S/C8H13NOS/c1-2-8(9)6-3-7(4-10)11-5-6/h3,5,8,10H,2,4,9H2,1H3/t8-/m1/s1. The van der Waals surface area contributed by atoms with Gasteiger partial charge in [-0.05, 0) is 23.4 Å². The molecule has 0 aromatic carbocycles. The van der Waals surface area contributed by atoms with E-state index >= 15 is 0 Å². The summed E-state index contributed by atoms with van der Waals surface area (Å²) in [6, 6.07) is 2.10. The van der Waals surface area contributed by atoms with Crippen LogP contribution in [0.4, 0.5) is 0 Å². The zero-order valence-electron chi connectivity index (χ0n) is 6.58. The molecule has 0 aliphatic rings. The van der Waals surface area contributed by atoms with Crippen LogP contribution in [0.25, 0.3) is 0 Å². The van der Waals surface area contributed by atoms with Crippen molar-refractivity contribution in [1.82, 2.24) is 0 Å². The van der Waals surface area contributed by atoms with Crippen LogP contribution < -0.4 is 5.73 Å². The van der Waals surface area contributed by atoms with Gasteiger partial charge in [0.05, 0.1) is 6.61 Å². The summed E-state index contributed by atoms with van der Waals surface area (Å²) < 4.78 is 0. The summed E-state index contributed by atoms with van der Waals surface area (Å²) in [7, 11) is 0. The number of rotatable bonds is 3. The fraction of sp³-hybridized carbons (Fsp3) is 0.500. The highest BCUT2D eigenvalue weighted by Crippen LogP contribution is 2.21. The minimum atomic E-state index is 0.126. The van der Waals surface area contributed by atoms with Crippen molar-refractivity contribution < 1.29 is 5.11 Å². The summed E-state index contributed by atoms with van der Waals surface area (Å²) in [5.41, 5.74) is 6.93. The lowest BCUT2D eigenvalue weighted by Gasteiger charge is -2.03. The minimum absolute atomic E-state index is 0.126. The van der Waals surface area contributed by atoms with Crippen molar-refractivity contribution >= 4 is 11.3 Å². The molecule has 11 heavy (non-hydrogen) atoms. The van der Waals surface area contributed by atoms with E-state index in [0.717, 1.165) is 16.9 Å². The Morgan fingerprint density at radius 1 is 1.73 bits per heavy atom. The third kappa shape index (κ3) is 2.02. The number of hydrogen-bond acceptors (Lipinski definition) is 3. The van der Waals surface area contributed by atoms with Crippen molar-refractivity contribution in [3.05, 3.63) is 21.9 Å². The van der Waals surface area contributed by atoms with E-state index in [1.54, 1.807) is 11.3 Å². The van der Waals surface area contributed by atoms with Gasteiger partial charge in [0.1, 0.15) is 0 Å². The van der Waals surface area contributed by atoms with Crippen LogP contribution in [0, 0.1) is 0 Å². The van der Waals surface area contributed by atoms with Gasteiger partial charge in [-0.1, -0.05) is 6.92 Å². The highest BCUT2D eigenvalue weighted by atomic mass is 32.1. The minimum Gasteiger partial charge on any atom is -0.391 e. The molecule has 0 aliphatic heterocycles. The Kier molecular flexibility index (Phi) is 3.05. The van der Waals surface area contributed by atoms with Crippen LogP contribution in [0.1, 0.15) is 29.8 Å². The maximum absolute atomic E-state index is 8.78. The first-order valence-electron chi connectivity index (χ1n) is 3.71. The first-order valence-corrected chi connectivity index (χ1v) is 4.59. The van der Waals surface area contributed by atoms with Gasteiger partial charge in [-0.25, -0.2) is 0 Å². The van der Waals surface area contributed by atoms with Crippen molar-refractivity contribution in [2.45, 2.75) is 26.0 Å². The molecule has 1 aromatic rings. The van der Waals surface area contributed by atoms with Crippen LogP contribution in [0.5, 0.6) is 0 Å². The third-order valence-electron chi connectivity index (χ3n) is 1.70. The third-order valence-corrected chi connectivity index (χ3v) is 2.64. The Morgan fingerprint density at radius 2 is 2.45 bits per heavy atom. The SMILES string of the molecule is CC[C@@H](N)c1csc(CO)c1. The molecule has 0 unspecified atom stereocenters. The van der Waals surface area contributed by atoms with Crippen molar-refractivity contribution in [1.29, 1.82) is 0 Å². The lowest BCUT2D eigenvalue weighted by atomic mass is 10.1. The Bertz CT molecular complexity index is 222. The molecular weight excluding hydrogens is 158 g/mol. The van der Waals surface area contributed by atoms with Gasteiger partial charge in [0, 0.05) is 10.9 Å². The molecule has 1 atom stereocenters. The van der Waals surface area contributed by atoms with E-state index in [0.29, 0.717) is 0 Å². The zero-order valence-corrected chi connectivity index (χ0v) is 7.40. The predicted octanol–water partition coefficient (Wildman–Crippen LogP) is 1.65. The van der Waals surface area contributed by atoms with Gasteiger partial charge < -0.3 is 10.8 Å². The van der Waals surface area contributed by atoms with Gasteiger partial charge in [-0.15, -0.1) is 11.3 Å². The fourth-order valence-electron chi connectivity index (χ4n) is 0.911. The molecule has 3 N–H and O–H groups in total. The smallest absolute Gasteiger partial charge is 0.0774 e. The molecule has 0 fully saturated rings. The first-order chi connectivity index (χ1) is 5.27. The zero-order chi connectivity index (χ0) is 8.27. The van der Waals surface area contributed by atoms with E-state index < -0.39 is 0 Å². The highest BCUT2D eigenvalue weighted by Gasteiger charge is 2.05. The Morgan fingerprint density at radius 3 is 2.91 bits per heavy atom. The van der Waals surface area contributed by atoms with Crippen LogP contribution in [0.15, 0.2) is 11.4 Å². The summed E-state index contributed by atoms with van der Waals surface area (Å²) in [4.78, 5) is 0.990. The molecule has 3 heteroatoms. The van der Waals surface area contributed by atoms with Gasteiger partial charge in [0.2, 0.25) is 0 Å². The molecule has 62 valence electrons. The average molecular weight is 171 g/mol. The highest BCUT2D eigenvalue weighted by molar-refractivity contribution is 7.10. The molecule has 0 bridgehead atoms. The van der Waals surface area contributed by atoms with Crippen LogP contribution >= 0.6 is 11.3 Å². The lowest BCUT2D eigenvalue weighted by Crippen LogP contribution is -2.06. The van der Waals surface area contributed by atoms with Gasteiger partial charge in [-0.3, -0.25) is 0 Å². The first kappa shape index (κ1) is 8.71.